The Bertz CT molecular complexity index is 896. The number of nitrogens with one attached hydrogen (secondary N) is 3. The maximum Gasteiger partial charge on any atom is 0.348 e. The number of nitrogens with zero attached hydrogens (tertiary/aromatic N) is 1. The summed E-state index contributed by atoms with van der Waals surface area (Å²) in [7, 11) is 1.34. The first-order chi connectivity index (χ1) is 13.9. The van der Waals surface area contributed by atoms with Gasteiger partial charge in [0.1, 0.15) is 27.5 Å². The van der Waals surface area contributed by atoms with Gasteiger partial charge in [-0.1, -0.05) is 0 Å². The minimum atomic E-state index is -0.427. The third kappa shape index (κ3) is 4.98. The highest BCUT2D eigenvalue weighted by Crippen LogP contribution is 2.36. The Balaban J connectivity index is 1.81. The molecule has 0 spiro atoms. The quantitative estimate of drug-likeness (QED) is 0.146. The number of ether oxygens (including phenoxy) is 2. The lowest BCUT2D eigenvalue weighted by molar-refractivity contribution is 0.0605. The van der Waals surface area contributed by atoms with Crippen LogP contribution in [0.25, 0.3) is 0 Å². The molecule has 0 bridgehead atoms. The number of amidine groups is 1. The predicted octanol–water partition coefficient (Wildman–Crippen LogP) is 4.12. The van der Waals surface area contributed by atoms with E-state index in [2.05, 4.69) is 13.8 Å². The first-order valence-corrected chi connectivity index (χ1v) is 11.1. The number of anilines is 2. The Morgan fingerprint density at radius 2 is 2.10 bits per heavy atom. The summed E-state index contributed by atoms with van der Waals surface area (Å²) in [6.45, 7) is 1.79. The molecule has 8 nitrogen and oxygen atoms in total. The van der Waals surface area contributed by atoms with Gasteiger partial charge >= 0.3 is 5.97 Å². The summed E-state index contributed by atoms with van der Waals surface area (Å²) in [5.41, 5.74) is 1.85. The highest BCUT2D eigenvalue weighted by molar-refractivity contribution is 14.1. The molecule has 0 aliphatic heterocycles. The van der Waals surface area contributed by atoms with Crippen LogP contribution >= 0.6 is 34.2 Å². The summed E-state index contributed by atoms with van der Waals surface area (Å²) in [6, 6.07) is 3.57. The number of hydrogen-bond acceptors (Lipinski definition) is 8. The van der Waals surface area contributed by atoms with E-state index >= 15 is 0 Å². The van der Waals surface area contributed by atoms with Crippen molar-refractivity contribution in [1.29, 1.82) is 5.41 Å². The second kappa shape index (κ2) is 9.72. The van der Waals surface area contributed by atoms with Crippen molar-refractivity contribution < 1.29 is 19.4 Å². The zero-order valence-corrected chi connectivity index (χ0v) is 19.1. The third-order valence-electron chi connectivity index (χ3n) is 4.81. The van der Waals surface area contributed by atoms with Gasteiger partial charge in [-0.2, -0.15) is 0 Å². The molecule has 1 saturated carbocycles. The molecule has 1 aliphatic carbocycles. The van der Waals surface area contributed by atoms with Crippen LogP contribution in [-0.4, -0.2) is 41.2 Å². The van der Waals surface area contributed by atoms with Gasteiger partial charge in [-0.05, 0) is 50.3 Å². The first-order valence-electron chi connectivity index (χ1n) is 9.18. The fourth-order valence-electron chi connectivity index (χ4n) is 3.27. The number of thiophene rings is 1. The Kier molecular flexibility index (Phi) is 7.30. The Hall–Kier alpha value is -1.92. The van der Waals surface area contributed by atoms with Crippen molar-refractivity contribution in [1.82, 2.24) is 4.98 Å². The number of pyridine rings is 1. The van der Waals surface area contributed by atoms with Crippen LogP contribution in [0.3, 0.4) is 0 Å². The lowest BCUT2D eigenvalue weighted by Crippen LogP contribution is -2.27. The fraction of sp³-hybridized carbons (Fsp3) is 0.421. The van der Waals surface area contributed by atoms with Gasteiger partial charge in [0.15, 0.2) is 0 Å². The van der Waals surface area contributed by atoms with E-state index in [1.807, 2.05) is 22.9 Å². The van der Waals surface area contributed by atoms with E-state index in [4.69, 9.17) is 14.9 Å². The topological polar surface area (TPSA) is 117 Å². The smallest absolute Gasteiger partial charge is 0.348 e. The molecule has 1 fully saturated rings. The molecule has 0 saturated heterocycles. The SMILES string of the molecule is COC(=O)c1sc(NI)c(C(=N)Nc2cccnc2O[C@H]2CC[C@H](O)CC2)c1C. The summed E-state index contributed by atoms with van der Waals surface area (Å²) in [4.78, 5) is 16.8. The van der Waals surface area contributed by atoms with Gasteiger partial charge in [0.2, 0.25) is 5.88 Å². The van der Waals surface area contributed by atoms with Crippen LogP contribution in [0.5, 0.6) is 5.88 Å². The molecule has 2 heterocycles. The zero-order chi connectivity index (χ0) is 21.0. The first kappa shape index (κ1) is 21.8. The van der Waals surface area contributed by atoms with Crippen LogP contribution in [0.15, 0.2) is 18.3 Å². The summed E-state index contributed by atoms with van der Waals surface area (Å²) >= 11 is 3.23. The van der Waals surface area contributed by atoms with Crippen LogP contribution in [-0.2, 0) is 4.74 Å². The molecule has 1 aliphatic rings. The summed E-state index contributed by atoms with van der Waals surface area (Å²) in [6.07, 6.45) is 4.34. The molecular weight excluding hydrogens is 507 g/mol. The van der Waals surface area contributed by atoms with Crippen LogP contribution in [0, 0.1) is 12.3 Å². The number of aromatic nitrogens is 1. The van der Waals surface area contributed by atoms with Gasteiger partial charge in [-0.15, -0.1) is 11.3 Å². The normalized spacial score (nSPS) is 18.8. The van der Waals surface area contributed by atoms with E-state index in [1.54, 1.807) is 25.3 Å². The molecule has 0 atom stereocenters. The number of esters is 1. The highest BCUT2D eigenvalue weighted by atomic mass is 127. The second-order valence-corrected chi connectivity index (χ2v) is 8.31. The van der Waals surface area contributed by atoms with Crippen molar-refractivity contribution in [2.75, 3.05) is 16.0 Å². The van der Waals surface area contributed by atoms with Crippen molar-refractivity contribution in [2.24, 2.45) is 0 Å². The Morgan fingerprint density at radius 1 is 1.38 bits per heavy atom. The largest absolute Gasteiger partial charge is 0.473 e. The molecule has 4 N–H and O–H groups in total. The van der Waals surface area contributed by atoms with Gasteiger partial charge in [0, 0.05) is 6.20 Å². The number of hydrogen-bond donors (Lipinski definition) is 4. The number of carbonyl (C=O) groups excluding carboxylic acids is 1. The molecule has 3 rings (SSSR count). The van der Waals surface area contributed by atoms with Crippen LogP contribution in [0.2, 0.25) is 0 Å². The highest BCUT2D eigenvalue weighted by Gasteiger charge is 2.25. The average molecular weight is 530 g/mol. The summed E-state index contributed by atoms with van der Waals surface area (Å²) in [5, 5.41) is 22.0. The average Bonchev–Trinajstić information content (AvgIpc) is 3.07. The van der Waals surface area contributed by atoms with Gasteiger partial charge in [0.05, 0.1) is 41.6 Å². The van der Waals surface area contributed by atoms with Gasteiger partial charge in [-0.3, -0.25) is 5.41 Å². The maximum atomic E-state index is 12.0. The molecule has 10 heteroatoms. The maximum absolute atomic E-state index is 12.0. The molecule has 156 valence electrons. The number of aliphatic hydroxyl groups is 1. The van der Waals surface area contributed by atoms with E-state index in [-0.39, 0.29) is 18.0 Å². The summed E-state index contributed by atoms with van der Waals surface area (Å²) in [5.74, 6) is 0.123. The minimum Gasteiger partial charge on any atom is -0.473 e. The molecule has 2 aromatic rings. The number of halogens is 1. The lowest BCUT2D eigenvalue weighted by Gasteiger charge is -2.26. The standard InChI is InChI=1S/C19H23IN4O4S/c1-10-14(18(24-20)29-15(10)19(26)27-2)16(21)23-13-4-3-9-22-17(13)28-12-7-5-11(25)6-8-12/h3-4,9,11-12,24-25H,5-8H2,1-2H3,(H2,21,23)/t11-,12-. The summed E-state index contributed by atoms with van der Waals surface area (Å²) < 4.78 is 13.9. The monoisotopic (exact) mass is 530 g/mol. The van der Waals surface area contributed by atoms with Gasteiger partial charge in [-0.25, -0.2) is 9.78 Å². The van der Waals surface area contributed by atoms with Gasteiger partial charge in [0.25, 0.3) is 0 Å². The predicted molar refractivity (Wildman–Crippen MR) is 122 cm³/mol. The van der Waals surface area contributed by atoms with Crippen molar-refractivity contribution in [2.45, 2.75) is 44.8 Å². The molecule has 0 unspecified atom stereocenters. The molecule has 0 radical (unpaired) electrons. The number of methoxy groups -OCH3 is 1. The molecule has 2 aromatic heterocycles. The van der Waals surface area contributed by atoms with Crippen LogP contribution in [0.4, 0.5) is 10.7 Å². The van der Waals surface area contributed by atoms with Gasteiger partial charge < -0.3 is 23.4 Å². The molecule has 0 aromatic carbocycles. The van der Waals surface area contributed by atoms with Crippen molar-refractivity contribution in [3.05, 3.63) is 34.3 Å². The van der Waals surface area contributed by atoms with Crippen LogP contribution < -0.4 is 13.6 Å². The molecular formula is C19H23IN4O4S. The number of aliphatic hydroxyl groups excluding tert-OH is 1. The minimum absolute atomic E-state index is 0.0107. The van der Waals surface area contributed by atoms with Crippen LogP contribution in [0.1, 0.15) is 46.5 Å². The van der Waals surface area contributed by atoms with Crippen molar-refractivity contribution in [3.63, 3.8) is 0 Å². The second-order valence-electron chi connectivity index (χ2n) is 6.75. The van der Waals surface area contributed by atoms with E-state index in [9.17, 15) is 9.90 Å². The number of rotatable bonds is 6. The lowest BCUT2D eigenvalue weighted by atomic mass is 9.95. The molecule has 29 heavy (non-hydrogen) atoms. The zero-order valence-electron chi connectivity index (χ0n) is 16.1. The van der Waals surface area contributed by atoms with E-state index in [0.29, 0.717) is 45.4 Å². The van der Waals surface area contributed by atoms with E-state index in [1.165, 1.54) is 18.4 Å². The van der Waals surface area contributed by atoms with E-state index in [0.717, 1.165) is 12.8 Å². The van der Waals surface area contributed by atoms with Crippen molar-refractivity contribution in [3.8, 4) is 5.88 Å². The Morgan fingerprint density at radius 3 is 2.76 bits per heavy atom. The third-order valence-corrected chi connectivity index (χ3v) is 6.90. The van der Waals surface area contributed by atoms with E-state index < -0.39 is 5.97 Å². The molecule has 0 amide bonds. The number of carbonyl (C=O) groups is 1. The van der Waals surface area contributed by atoms with Crippen molar-refractivity contribution >= 4 is 56.7 Å². The fourth-order valence-corrected chi connectivity index (χ4v) is 4.89. The Labute approximate surface area is 187 Å².